The van der Waals surface area contributed by atoms with Crippen LogP contribution < -0.4 is 5.32 Å². The van der Waals surface area contributed by atoms with E-state index in [1.165, 1.54) is 0 Å². The molecule has 1 heterocycles. The van der Waals surface area contributed by atoms with Gasteiger partial charge in [-0.15, -0.1) is 0 Å². The van der Waals surface area contributed by atoms with Crippen LogP contribution in [0.5, 0.6) is 0 Å². The molecule has 0 aromatic carbocycles. The van der Waals surface area contributed by atoms with Crippen molar-refractivity contribution in [2.24, 2.45) is 5.92 Å². The third-order valence-corrected chi connectivity index (χ3v) is 2.78. The third kappa shape index (κ3) is 3.31. The summed E-state index contributed by atoms with van der Waals surface area (Å²) in [5, 5.41) is 12.1. The second-order valence-electron chi connectivity index (χ2n) is 4.06. The van der Waals surface area contributed by atoms with Crippen molar-refractivity contribution in [1.82, 2.24) is 10.3 Å². The van der Waals surface area contributed by atoms with E-state index >= 15 is 0 Å². The first-order chi connectivity index (χ1) is 7.52. The SMILES string of the molecule is CC(N[C@H](C)c1ccccn1)C(C)C(=O)O. The molecule has 0 radical (unpaired) electrons. The molecule has 0 aliphatic heterocycles. The van der Waals surface area contributed by atoms with Gasteiger partial charge in [-0.2, -0.15) is 0 Å². The number of hydrogen-bond acceptors (Lipinski definition) is 3. The summed E-state index contributed by atoms with van der Waals surface area (Å²) in [6, 6.07) is 5.67. The lowest BCUT2D eigenvalue weighted by molar-refractivity contribution is -0.142. The number of nitrogens with one attached hydrogen (secondary N) is 1. The van der Waals surface area contributed by atoms with Gasteiger partial charge in [0.25, 0.3) is 0 Å². The van der Waals surface area contributed by atoms with E-state index in [1.54, 1.807) is 13.1 Å². The van der Waals surface area contributed by atoms with Crippen molar-refractivity contribution in [3.8, 4) is 0 Å². The van der Waals surface area contributed by atoms with Gasteiger partial charge in [0.1, 0.15) is 0 Å². The average Bonchev–Trinajstić information content (AvgIpc) is 2.28. The van der Waals surface area contributed by atoms with E-state index in [1.807, 2.05) is 32.0 Å². The number of pyridine rings is 1. The number of carboxylic acid groups (broad SMARTS) is 1. The van der Waals surface area contributed by atoms with E-state index in [-0.39, 0.29) is 12.1 Å². The van der Waals surface area contributed by atoms with Crippen LogP contribution in [0.2, 0.25) is 0 Å². The zero-order chi connectivity index (χ0) is 12.1. The molecule has 16 heavy (non-hydrogen) atoms. The molecule has 0 saturated carbocycles. The van der Waals surface area contributed by atoms with E-state index in [0.717, 1.165) is 5.69 Å². The van der Waals surface area contributed by atoms with Crippen LogP contribution in [0.4, 0.5) is 0 Å². The van der Waals surface area contributed by atoms with Crippen LogP contribution in [0, 0.1) is 5.92 Å². The summed E-state index contributed by atoms with van der Waals surface area (Å²) < 4.78 is 0. The maximum absolute atomic E-state index is 10.8. The highest BCUT2D eigenvalue weighted by molar-refractivity contribution is 5.70. The van der Waals surface area contributed by atoms with Crippen LogP contribution in [0.1, 0.15) is 32.5 Å². The lowest BCUT2D eigenvalue weighted by Crippen LogP contribution is -2.37. The van der Waals surface area contributed by atoms with Gasteiger partial charge in [-0.25, -0.2) is 0 Å². The minimum absolute atomic E-state index is 0.0537. The lowest BCUT2D eigenvalue weighted by Gasteiger charge is -2.22. The monoisotopic (exact) mass is 222 g/mol. The molecule has 3 atom stereocenters. The first-order valence-corrected chi connectivity index (χ1v) is 5.42. The Kier molecular flexibility index (Phi) is 4.43. The molecular formula is C12H18N2O2. The van der Waals surface area contributed by atoms with Gasteiger partial charge < -0.3 is 10.4 Å². The maximum Gasteiger partial charge on any atom is 0.307 e. The largest absolute Gasteiger partial charge is 0.481 e. The van der Waals surface area contributed by atoms with E-state index in [9.17, 15) is 4.79 Å². The number of rotatable bonds is 5. The minimum atomic E-state index is -0.784. The van der Waals surface area contributed by atoms with Gasteiger partial charge in [-0.05, 0) is 26.0 Å². The number of carbonyl (C=O) groups is 1. The molecule has 88 valence electrons. The molecule has 0 amide bonds. The van der Waals surface area contributed by atoms with Crippen molar-refractivity contribution in [2.75, 3.05) is 0 Å². The summed E-state index contributed by atoms with van der Waals surface area (Å²) in [6.07, 6.45) is 1.73. The molecule has 4 nitrogen and oxygen atoms in total. The minimum Gasteiger partial charge on any atom is -0.481 e. The van der Waals surface area contributed by atoms with Gasteiger partial charge in [-0.1, -0.05) is 13.0 Å². The maximum atomic E-state index is 10.8. The predicted molar refractivity (Wildman–Crippen MR) is 62.0 cm³/mol. The Bertz CT molecular complexity index is 340. The van der Waals surface area contributed by atoms with Gasteiger partial charge in [0, 0.05) is 18.3 Å². The van der Waals surface area contributed by atoms with Gasteiger partial charge in [-0.3, -0.25) is 9.78 Å². The van der Waals surface area contributed by atoms with Crippen LogP contribution in [-0.2, 0) is 4.79 Å². The molecule has 4 heteroatoms. The Balaban J connectivity index is 2.58. The standard InChI is InChI=1S/C12H18N2O2/c1-8(12(15)16)9(2)14-10(3)11-6-4-5-7-13-11/h4-10,14H,1-3H3,(H,15,16)/t8?,9?,10-/m1/s1. The lowest BCUT2D eigenvalue weighted by atomic mass is 10.0. The highest BCUT2D eigenvalue weighted by Crippen LogP contribution is 2.12. The second-order valence-corrected chi connectivity index (χ2v) is 4.06. The number of aromatic nitrogens is 1. The molecule has 1 rings (SSSR count). The van der Waals surface area contributed by atoms with Crippen LogP contribution in [0.15, 0.2) is 24.4 Å². The molecule has 0 aliphatic rings. The van der Waals surface area contributed by atoms with Crippen molar-refractivity contribution in [3.05, 3.63) is 30.1 Å². The summed E-state index contributed by atoms with van der Waals surface area (Å²) in [5.41, 5.74) is 0.923. The predicted octanol–water partition coefficient (Wildman–Crippen LogP) is 1.84. The van der Waals surface area contributed by atoms with E-state index < -0.39 is 11.9 Å². The molecule has 0 aliphatic carbocycles. The number of carboxylic acids is 1. The van der Waals surface area contributed by atoms with Crippen molar-refractivity contribution in [3.63, 3.8) is 0 Å². The van der Waals surface area contributed by atoms with Gasteiger partial charge in [0.2, 0.25) is 0 Å². The van der Waals surface area contributed by atoms with Crippen molar-refractivity contribution in [1.29, 1.82) is 0 Å². The average molecular weight is 222 g/mol. The first-order valence-electron chi connectivity index (χ1n) is 5.42. The molecule has 0 fully saturated rings. The first kappa shape index (κ1) is 12.6. The Labute approximate surface area is 95.7 Å². The summed E-state index contributed by atoms with van der Waals surface area (Å²) in [6.45, 7) is 5.55. The molecule has 2 unspecified atom stereocenters. The number of nitrogens with zero attached hydrogens (tertiary/aromatic N) is 1. The van der Waals surface area contributed by atoms with Crippen LogP contribution in [0.3, 0.4) is 0 Å². The Morgan fingerprint density at radius 2 is 2.06 bits per heavy atom. The highest BCUT2D eigenvalue weighted by atomic mass is 16.4. The van der Waals surface area contributed by atoms with Crippen molar-refractivity contribution in [2.45, 2.75) is 32.9 Å². The Morgan fingerprint density at radius 1 is 1.38 bits per heavy atom. The number of aliphatic carboxylic acids is 1. The van der Waals surface area contributed by atoms with Gasteiger partial charge in [0.15, 0.2) is 0 Å². The van der Waals surface area contributed by atoms with Gasteiger partial charge >= 0.3 is 5.97 Å². The normalized spacial score (nSPS) is 16.4. The van der Waals surface area contributed by atoms with E-state index in [0.29, 0.717) is 0 Å². The molecule has 1 aromatic heterocycles. The van der Waals surface area contributed by atoms with Gasteiger partial charge in [0.05, 0.1) is 11.6 Å². The third-order valence-electron chi connectivity index (χ3n) is 2.78. The fraction of sp³-hybridized carbons (Fsp3) is 0.500. The van der Waals surface area contributed by atoms with Crippen molar-refractivity contribution < 1.29 is 9.90 Å². The number of hydrogen-bond donors (Lipinski definition) is 2. The Morgan fingerprint density at radius 3 is 2.56 bits per heavy atom. The molecule has 2 N–H and O–H groups in total. The van der Waals surface area contributed by atoms with E-state index in [2.05, 4.69) is 10.3 Å². The highest BCUT2D eigenvalue weighted by Gasteiger charge is 2.21. The topological polar surface area (TPSA) is 62.2 Å². The van der Waals surface area contributed by atoms with Crippen LogP contribution in [0.25, 0.3) is 0 Å². The summed E-state index contributed by atoms with van der Waals surface area (Å²) in [5.74, 6) is -1.20. The second kappa shape index (κ2) is 5.61. The Hall–Kier alpha value is -1.42. The summed E-state index contributed by atoms with van der Waals surface area (Å²) in [7, 11) is 0. The van der Waals surface area contributed by atoms with Crippen LogP contribution >= 0.6 is 0 Å². The summed E-state index contributed by atoms with van der Waals surface area (Å²) in [4.78, 5) is 15.0. The quantitative estimate of drug-likeness (QED) is 0.798. The zero-order valence-electron chi connectivity index (χ0n) is 9.84. The van der Waals surface area contributed by atoms with Crippen LogP contribution in [-0.4, -0.2) is 22.1 Å². The molecule has 0 bridgehead atoms. The molecule has 1 aromatic rings. The smallest absolute Gasteiger partial charge is 0.307 e. The van der Waals surface area contributed by atoms with E-state index in [4.69, 9.17) is 5.11 Å². The zero-order valence-corrected chi connectivity index (χ0v) is 9.84. The fourth-order valence-corrected chi connectivity index (χ4v) is 1.47. The molecule has 0 saturated heterocycles. The fourth-order valence-electron chi connectivity index (χ4n) is 1.47. The molecule has 0 spiro atoms. The van der Waals surface area contributed by atoms with Crippen molar-refractivity contribution >= 4 is 5.97 Å². The summed E-state index contributed by atoms with van der Waals surface area (Å²) >= 11 is 0. The molecular weight excluding hydrogens is 204 g/mol.